The van der Waals surface area contributed by atoms with E-state index in [1.54, 1.807) is 7.11 Å². The van der Waals surface area contributed by atoms with Crippen molar-refractivity contribution in [2.75, 3.05) is 7.11 Å². The molecule has 0 amide bonds. The fraction of sp³-hybridized carbons (Fsp3) is 0.800. The number of fused-ring (bicyclic) bond motifs is 5. The molecule has 104 valence electrons. The van der Waals surface area contributed by atoms with Gasteiger partial charge in [-0.3, -0.25) is 0 Å². The highest BCUT2D eigenvalue weighted by atomic mass is 16.5. The molecule has 1 aromatic rings. The Hall–Kier alpha value is -1.03. The van der Waals surface area contributed by atoms with Crippen molar-refractivity contribution in [3.8, 4) is 5.88 Å². The Balaban J connectivity index is 1.44. The Bertz CT molecular complexity index is 494. The zero-order chi connectivity index (χ0) is 13.1. The first-order valence-corrected chi connectivity index (χ1v) is 7.50. The van der Waals surface area contributed by atoms with E-state index >= 15 is 0 Å². The van der Waals surface area contributed by atoms with Crippen LogP contribution >= 0.6 is 0 Å². The van der Waals surface area contributed by atoms with E-state index in [1.807, 2.05) is 11.7 Å². The molecule has 0 aromatic carbocycles. The third-order valence-corrected chi connectivity index (χ3v) is 5.73. The van der Waals surface area contributed by atoms with Crippen molar-refractivity contribution >= 4 is 0 Å². The summed E-state index contributed by atoms with van der Waals surface area (Å²) in [7, 11) is 3.67. The second kappa shape index (κ2) is 3.98. The molecule has 4 heteroatoms. The van der Waals surface area contributed by atoms with E-state index in [0.717, 1.165) is 47.8 Å². The normalized spacial score (nSPS) is 38.6. The van der Waals surface area contributed by atoms with Crippen molar-refractivity contribution in [1.29, 1.82) is 0 Å². The molecule has 0 radical (unpaired) electrons. The molecule has 1 aromatic heterocycles. The number of rotatable bonds is 4. The van der Waals surface area contributed by atoms with Gasteiger partial charge in [0.1, 0.15) is 0 Å². The molecule has 4 unspecified atom stereocenters. The predicted octanol–water partition coefficient (Wildman–Crippen LogP) is 1.87. The summed E-state index contributed by atoms with van der Waals surface area (Å²) in [5.74, 6) is 4.94. The monoisotopic (exact) mass is 261 g/mol. The SMILES string of the molecule is COc1c(CNC2C3C4CCC(C4)C23)c(C)nn1C. The van der Waals surface area contributed by atoms with Crippen LogP contribution in [0.2, 0.25) is 0 Å². The van der Waals surface area contributed by atoms with Crippen LogP contribution in [0.4, 0.5) is 0 Å². The summed E-state index contributed by atoms with van der Waals surface area (Å²) in [6, 6.07) is 0.774. The van der Waals surface area contributed by atoms with Gasteiger partial charge in [0.25, 0.3) is 0 Å². The molecule has 3 fully saturated rings. The van der Waals surface area contributed by atoms with Gasteiger partial charge in [-0.25, -0.2) is 4.68 Å². The Kier molecular flexibility index (Phi) is 2.47. The number of hydrogen-bond donors (Lipinski definition) is 1. The summed E-state index contributed by atoms with van der Waals surface area (Å²) in [4.78, 5) is 0. The number of aromatic nitrogens is 2. The Labute approximate surface area is 114 Å². The number of nitrogens with one attached hydrogen (secondary N) is 1. The van der Waals surface area contributed by atoms with Crippen LogP contribution in [-0.2, 0) is 13.6 Å². The van der Waals surface area contributed by atoms with Crippen LogP contribution in [0.5, 0.6) is 5.88 Å². The Morgan fingerprint density at radius 2 is 2.00 bits per heavy atom. The van der Waals surface area contributed by atoms with Crippen LogP contribution in [0.15, 0.2) is 0 Å². The number of nitrogens with zero attached hydrogens (tertiary/aromatic N) is 2. The van der Waals surface area contributed by atoms with Crippen LogP contribution in [0.3, 0.4) is 0 Å². The predicted molar refractivity (Wildman–Crippen MR) is 72.9 cm³/mol. The number of hydrogen-bond acceptors (Lipinski definition) is 3. The minimum absolute atomic E-state index is 0.774. The standard InChI is InChI=1S/C15H23N3O/c1-8-11(15(19-3)18(2)17-8)7-16-14-12-9-4-5-10(6-9)13(12)14/h9-10,12-14,16H,4-7H2,1-3H3. The van der Waals surface area contributed by atoms with Crippen LogP contribution in [0.25, 0.3) is 0 Å². The van der Waals surface area contributed by atoms with Gasteiger partial charge in [0.15, 0.2) is 0 Å². The van der Waals surface area contributed by atoms with Crippen molar-refractivity contribution in [2.24, 2.45) is 30.7 Å². The van der Waals surface area contributed by atoms with Gasteiger partial charge in [-0.2, -0.15) is 5.10 Å². The molecule has 3 saturated carbocycles. The van der Waals surface area contributed by atoms with Gasteiger partial charge in [0.2, 0.25) is 5.88 Å². The fourth-order valence-corrected chi connectivity index (χ4v) is 4.96. The van der Waals surface area contributed by atoms with Gasteiger partial charge in [-0.05, 0) is 49.9 Å². The second-order valence-electron chi connectivity index (χ2n) is 6.59. The minimum Gasteiger partial charge on any atom is -0.481 e. The first-order valence-electron chi connectivity index (χ1n) is 7.50. The zero-order valence-electron chi connectivity index (χ0n) is 12.0. The summed E-state index contributed by atoms with van der Waals surface area (Å²) >= 11 is 0. The van der Waals surface area contributed by atoms with E-state index in [2.05, 4.69) is 17.3 Å². The quantitative estimate of drug-likeness (QED) is 0.899. The van der Waals surface area contributed by atoms with Crippen LogP contribution in [0, 0.1) is 30.6 Å². The van der Waals surface area contributed by atoms with E-state index in [-0.39, 0.29) is 0 Å². The van der Waals surface area contributed by atoms with Crippen molar-refractivity contribution in [3.05, 3.63) is 11.3 Å². The zero-order valence-corrected chi connectivity index (χ0v) is 12.0. The molecule has 0 aliphatic heterocycles. The molecule has 19 heavy (non-hydrogen) atoms. The average Bonchev–Trinajstić information content (AvgIpc) is 2.72. The van der Waals surface area contributed by atoms with Crippen molar-refractivity contribution < 1.29 is 4.74 Å². The van der Waals surface area contributed by atoms with E-state index in [4.69, 9.17) is 4.74 Å². The molecule has 2 bridgehead atoms. The Morgan fingerprint density at radius 1 is 1.32 bits per heavy atom. The van der Waals surface area contributed by atoms with Gasteiger partial charge in [0.05, 0.1) is 18.4 Å². The van der Waals surface area contributed by atoms with Crippen LogP contribution in [0.1, 0.15) is 30.5 Å². The highest BCUT2D eigenvalue weighted by Gasteiger charge is 2.64. The summed E-state index contributed by atoms with van der Waals surface area (Å²) in [5, 5.41) is 8.22. The average molecular weight is 261 g/mol. The van der Waals surface area contributed by atoms with E-state index < -0.39 is 0 Å². The largest absolute Gasteiger partial charge is 0.481 e. The van der Waals surface area contributed by atoms with Crippen molar-refractivity contribution in [3.63, 3.8) is 0 Å². The number of methoxy groups -OCH3 is 1. The molecule has 4 rings (SSSR count). The highest BCUT2D eigenvalue weighted by Crippen LogP contribution is 2.65. The molecule has 1 N–H and O–H groups in total. The summed E-state index contributed by atoms with van der Waals surface area (Å²) in [6.45, 7) is 2.97. The van der Waals surface area contributed by atoms with E-state index in [0.29, 0.717) is 0 Å². The molecule has 0 saturated heterocycles. The lowest BCUT2D eigenvalue weighted by Gasteiger charge is -2.11. The smallest absolute Gasteiger partial charge is 0.216 e. The first kappa shape index (κ1) is 11.8. The van der Waals surface area contributed by atoms with Gasteiger partial charge >= 0.3 is 0 Å². The molecule has 3 aliphatic carbocycles. The van der Waals surface area contributed by atoms with E-state index in [1.165, 1.54) is 24.8 Å². The lowest BCUT2D eigenvalue weighted by Crippen LogP contribution is -2.23. The second-order valence-corrected chi connectivity index (χ2v) is 6.59. The van der Waals surface area contributed by atoms with Gasteiger partial charge in [-0.1, -0.05) is 0 Å². The molecular formula is C15H23N3O. The van der Waals surface area contributed by atoms with Gasteiger partial charge < -0.3 is 10.1 Å². The molecule has 1 heterocycles. The lowest BCUT2D eigenvalue weighted by molar-refractivity contribution is 0.366. The maximum atomic E-state index is 5.46. The minimum atomic E-state index is 0.774. The van der Waals surface area contributed by atoms with Gasteiger partial charge in [-0.15, -0.1) is 0 Å². The summed E-state index contributed by atoms with van der Waals surface area (Å²) in [6.07, 6.45) is 4.49. The Morgan fingerprint density at radius 3 is 2.63 bits per heavy atom. The van der Waals surface area contributed by atoms with Crippen LogP contribution in [-0.4, -0.2) is 22.9 Å². The van der Waals surface area contributed by atoms with Gasteiger partial charge in [0, 0.05) is 19.6 Å². The number of aryl methyl sites for hydroxylation is 2. The molecule has 0 spiro atoms. The fourth-order valence-electron chi connectivity index (χ4n) is 4.96. The summed E-state index contributed by atoms with van der Waals surface area (Å²) in [5.41, 5.74) is 2.31. The lowest BCUT2D eigenvalue weighted by atomic mass is 10.0. The molecule has 4 nitrogen and oxygen atoms in total. The highest BCUT2D eigenvalue weighted by molar-refractivity contribution is 5.31. The molecule has 3 aliphatic rings. The topological polar surface area (TPSA) is 39.1 Å². The first-order chi connectivity index (χ1) is 9.20. The third-order valence-electron chi connectivity index (χ3n) is 5.73. The van der Waals surface area contributed by atoms with Crippen molar-refractivity contribution in [2.45, 2.75) is 38.8 Å². The molecule has 4 atom stereocenters. The molecular weight excluding hydrogens is 238 g/mol. The maximum absolute atomic E-state index is 5.46. The van der Waals surface area contributed by atoms with Crippen molar-refractivity contribution in [1.82, 2.24) is 15.1 Å². The third kappa shape index (κ3) is 1.59. The summed E-state index contributed by atoms with van der Waals surface area (Å²) < 4.78 is 7.30. The van der Waals surface area contributed by atoms with Crippen LogP contribution < -0.4 is 10.1 Å². The maximum Gasteiger partial charge on any atom is 0.216 e. The van der Waals surface area contributed by atoms with E-state index in [9.17, 15) is 0 Å². The number of ether oxygens (including phenoxy) is 1.